The molecule has 1 aliphatic rings. The van der Waals surface area contributed by atoms with Gasteiger partial charge in [-0.3, -0.25) is 14.4 Å². The molecule has 1 aromatic rings. The lowest BCUT2D eigenvalue weighted by molar-refractivity contribution is -0.148. The fraction of sp³-hybridized carbons (Fsp3) is 0.737. The van der Waals surface area contributed by atoms with Gasteiger partial charge in [-0.2, -0.15) is 0 Å². The topological polar surface area (TPSA) is 79.0 Å². The third-order valence-electron chi connectivity index (χ3n) is 5.09. The first-order chi connectivity index (χ1) is 12.5. The molecule has 2 rings (SSSR count). The molecule has 1 atom stereocenters. The van der Waals surface area contributed by atoms with Crippen molar-refractivity contribution in [3.05, 3.63) is 20.4 Å². The first kappa shape index (κ1) is 20.4. The van der Waals surface area contributed by atoms with E-state index in [-0.39, 0.29) is 11.9 Å². The first-order valence-corrected chi connectivity index (χ1v) is 9.74. The standard InChI is InChI=1S/C19H31N3O4/c1-4-21(5-2)11-8-10-20-15-16(18(24)17(15)23)22-12-7-9-14(13-22)19(25)26-6-3/h14,20H,4-13H2,1-3H3/t14-/m1/s1. The average molecular weight is 365 g/mol. The molecule has 146 valence electrons. The van der Waals surface area contributed by atoms with Gasteiger partial charge in [0, 0.05) is 19.6 Å². The minimum absolute atomic E-state index is 0.218. The molecule has 0 saturated carbocycles. The van der Waals surface area contributed by atoms with E-state index in [4.69, 9.17) is 4.74 Å². The van der Waals surface area contributed by atoms with E-state index in [1.165, 1.54) is 0 Å². The molecule has 0 aromatic heterocycles. The molecule has 1 fully saturated rings. The highest BCUT2D eigenvalue weighted by molar-refractivity contribution is 5.78. The van der Waals surface area contributed by atoms with Crippen LogP contribution in [-0.4, -0.2) is 56.7 Å². The smallest absolute Gasteiger partial charge is 0.310 e. The van der Waals surface area contributed by atoms with Crippen LogP contribution in [0, 0.1) is 5.92 Å². The SMILES string of the molecule is CCOC(=O)[C@@H]1CCCN(c2c(NCCCN(CC)CC)c(=O)c2=O)C1. The highest BCUT2D eigenvalue weighted by atomic mass is 16.5. The molecular weight excluding hydrogens is 334 g/mol. The molecule has 0 spiro atoms. The van der Waals surface area contributed by atoms with E-state index in [0.29, 0.717) is 37.6 Å². The van der Waals surface area contributed by atoms with Crippen LogP contribution in [0.15, 0.2) is 9.59 Å². The third-order valence-corrected chi connectivity index (χ3v) is 5.09. The van der Waals surface area contributed by atoms with E-state index in [9.17, 15) is 14.4 Å². The van der Waals surface area contributed by atoms with Gasteiger partial charge in [0.2, 0.25) is 0 Å². The van der Waals surface area contributed by atoms with Crippen molar-refractivity contribution in [1.29, 1.82) is 0 Å². The van der Waals surface area contributed by atoms with Crippen molar-refractivity contribution < 1.29 is 9.53 Å². The number of hydrogen-bond acceptors (Lipinski definition) is 7. The first-order valence-electron chi connectivity index (χ1n) is 9.74. The number of hydrogen-bond donors (Lipinski definition) is 1. The van der Waals surface area contributed by atoms with Crippen molar-refractivity contribution in [3.63, 3.8) is 0 Å². The van der Waals surface area contributed by atoms with Gasteiger partial charge in [-0.05, 0) is 45.8 Å². The summed E-state index contributed by atoms with van der Waals surface area (Å²) in [5, 5.41) is 3.14. The zero-order valence-corrected chi connectivity index (χ0v) is 16.2. The lowest BCUT2D eigenvalue weighted by atomic mass is 9.96. The molecule has 1 heterocycles. The molecule has 7 heteroatoms. The van der Waals surface area contributed by atoms with Crippen molar-refractivity contribution in [1.82, 2.24) is 4.90 Å². The minimum Gasteiger partial charge on any atom is -0.466 e. The molecule has 1 N–H and O–H groups in total. The Morgan fingerprint density at radius 2 is 1.96 bits per heavy atom. The quantitative estimate of drug-likeness (QED) is 0.379. The Bertz CT molecular complexity index is 662. The van der Waals surface area contributed by atoms with E-state index in [0.717, 1.165) is 38.9 Å². The Morgan fingerprint density at radius 1 is 1.23 bits per heavy atom. The monoisotopic (exact) mass is 365 g/mol. The molecule has 0 unspecified atom stereocenters. The van der Waals surface area contributed by atoms with E-state index < -0.39 is 10.9 Å². The number of carbonyl (C=O) groups excluding carboxylic acids is 1. The van der Waals surface area contributed by atoms with E-state index in [1.54, 1.807) is 6.92 Å². The van der Waals surface area contributed by atoms with Crippen LogP contribution in [0.5, 0.6) is 0 Å². The Morgan fingerprint density at radius 3 is 2.62 bits per heavy atom. The molecule has 0 bridgehead atoms. The number of anilines is 2. The second kappa shape index (κ2) is 9.71. The zero-order chi connectivity index (χ0) is 19.1. The summed E-state index contributed by atoms with van der Waals surface area (Å²) in [6.45, 7) is 11.2. The molecule has 7 nitrogen and oxygen atoms in total. The number of piperidine rings is 1. The summed E-state index contributed by atoms with van der Waals surface area (Å²) in [5.41, 5.74) is -0.0206. The van der Waals surface area contributed by atoms with Crippen LogP contribution in [0.1, 0.15) is 40.0 Å². The number of esters is 1. The Hall–Kier alpha value is -1.89. The Balaban J connectivity index is 1.96. The maximum atomic E-state index is 12.1. The Kier molecular flexibility index (Phi) is 7.63. The lowest BCUT2D eigenvalue weighted by Gasteiger charge is -2.34. The summed E-state index contributed by atoms with van der Waals surface area (Å²) in [6, 6.07) is 0. The van der Waals surface area contributed by atoms with Crippen LogP contribution in [0.2, 0.25) is 0 Å². The van der Waals surface area contributed by atoms with Gasteiger partial charge < -0.3 is 19.9 Å². The van der Waals surface area contributed by atoms with Crippen molar-refractivity contribution in [2.45, 2.75) is 40.0 Å². The number of ether oxygens (including phenoxy) is 1. The van der Waals surface area contributed by atoms with Gasteiger partial charge in [0.25, 0.3) is 10.9 Å². The molecule has 1 aliphatic heterocycles. The van der Waals surface area contributed by atoms with Gasteiger partial charge >= 0.3 is 5.97 Å². The van der Waals surface area contributed by atoms with E-state index in [2.05, 4.69) is 24.1 Å². The Labute approximate surface area is 155 Å². The van der Waals surface area contributed by atoms with Crippen molar-refractivity contribution >= 4 is 17.3 Å². The third kappa shape index (κ3) is 4.63. The highest BCUT2D eigenvalue weighted by Crippen LogP contribution is 2.27. The summed E-state index contributed by atoms with van der Waals surface area (Å²) in [5.74, 6) is -0.451. The second-order valence-electron chi connectivity index (χ2n) is 6.73. The van der Waals surface area contributed by atoms with Crippen LogP contribution in [0.25, 0.3) is 0 Å². The number of carbonyl (C=O) groups is 1. The molecule has 1 aromatic carbocycles. The van der Waals surface area contributed by atoms with Crippen molar-refractivity contribution in [2.75, 3.05) is 56.1 Å². The summed E-state index contributed by atoms with van der Waals surface area (Å²) in [7, 11) is 0. The van der Waals surface area contributed by atoms with Gasteiger partial charge in [0.05, 0.1) is 12.5 Å². The second-order valence-corrected chi connectivity index (χ2v) is 6.73. The largest absolute Gasteiger partial charge is 0.466 e. The fourth-order valence-corrected chi connectivity index (χ4v) is 3.53. The minimum atomic E-state index is -0.444. The van der Waals surface area contributed by atoms with Gasteiger partial charge in [-0.1, -0.05) is 13.8 Å². The zero-order valence-electron chi connectivity index (χ0n) is 16.2. The molecule has 0 amide bonds. The molecule has 1 saturated heterocycles. The fourth-order valence-electron chi connectivity index (χ4n) is 3.53. The van der Waals surface area contributed by atoms with Gasteiger partial charge in [-0.25, -0.2) is 0 Å². The number of nitrogens with one attached hydrogen (secondary N) is 1. The maximum Gasteiger partial charge on any atom is 0.310 e. The van der Waals surface area contributed by atoms with Crippen molar-refractivity contribution in [2.24, 2.45) is 5.92 Å². The summed E-state index contributed by atoms with van der Waals surface area (Å²) in [4.78, 5) is 40.3. The van der Waals surface area contributed by atoms with Gasteiger partial charge in [0.15, 0.2) is 0 Å². The van der Waals surface area contributed by atoms with Crippen LogP contribution < -0.4 is 21.1 Å². The molecule has 0 aliphatic carbocycles. The van der Waals surface area contributed by atoms with E-state index in [1.807, 2.05) is 4.90 Å². The molecular formula is C19H31N3O4. The molecule has 0 radical (unpaired) electrons. The number of rotatable bonds is 10. The molecule has 26 heavy (non-hydrogen) atoms. The van der Waals surface area contributed by atoms with Crippen LogP contribution in [0.3, 0.4) is 0 Å². The van der Waals surface area contributed by atoms with Crippen LogP contribution >= 0.6 is 0 Å². The predicted molar refractivity (Wildman–Crippen MR) is 104 cm³/mol. The summed E-state index contributed by atoms with van der Waals surface area (Å²) < 4.78 is 5.11. The predicted octanol–water partition coefficient (Wildman–Crippen LogP) is 1.21. The highest BCUT2D eigenvalue weighted by Gasteiger charge is 2.32. The maximum absolute atomic E-state index is 12.1. The van der Waals surface area contributed by atoms with Crippen molar-refractivity contribution in [3.8, 4) is 0 Å². The summed E-state index contributed by atoms with van der Waals surface area (Å²) >= 11 is 0. The lowest BCUT2D eigenvalue weighted by Crippen LogP contribution is -2.47. The van der Waals surface area contributed by atoms with Crippen LogP contribution in [0.4, 0.5) is 11.4 Å². The van der Waals surface area contributed by atoms with E-state index >= 15 is 0 Å². The average Bonchev–Trinajstić information content (AvgIpc) is 2.66. The summed E-state index contributed by atoms with van der Waals surface area (Å²) in [6.07, 6.45) is 2.48. The van der Waals surface area contributed by atoms with Gasteiger partial charge in [-0.15, -0.1) is 0 Å². The van der Waals surface area contributed by atoms with Crippen LogP contribution in [-0.2, 0) is 9.53 Å². The van der Waals surface area contributed by atoms with Gasteiger partial charge in [0.1, 0.15) is 11.4 Å². The normalized spacial score (nSPS) is 17.7. The number of nitrogens with zero attached hydrogens (tertiary/aromatic N) is 2.